The first-order chi connectivity index (χ1) is 13.0. The number of carbonyl (C=O) groups excluding carboxylic acids is 3. The predicted molar refractivity (Wildman–Crippen MR) is 104 cm³/mol. The minimum Gasteiger partial charge on any atom is -0.366 e. The molecule has 0 saturated heterocycles. The van der Waals surface area contributed by atoms with Gasteiger partial charge in [-0.15, -0.1) is 0 Å². The Labute approximate surface area is 156 Å². The van der Waals surface area contributed by atoms with Gasteiger partial charge in [0.25, 0.3) is 11.8 Å². The normalized spacial score (nSPS) is 10.1. The number of rotatable bonds is 5. The number of benzene rings is 3. The van der Waals surface area contributed by atoms with Crippen LogP contribution in [0.5, 0.6) is 0 Å². The molecule has 134 valence electrons. The molecule has 6 nitrogen and oxygen atoms in total. The van der Waals surface area contributed by atoms with E-state index in [9.17, 15) is 14.4 Å². The molecule has 3 amide bonds. The van der Waals surface area contributed by atoms with E-state index in [0.29, 0.717) is 28.1 Å². The van der Waals surface area contributed by atoms with Gasteiger partial charge in [-0.05, 0) is 60.7 Å². The van der Waals surface area contributed by atoms with Crippen LogP contribution in [-0.2, 0) is 0 Å². The van der Waals surface area contributed by atoms with E-state index in [4.69, 9.17) is 5.73 Å². The number of nitrogens with two attached hydrogens (primary N) is 1. The molecule has 0 bridgehead atoms. The van der Waals surface area contributed by atoms with E-state index in [1.165, 1.54) is 0 Å². The molecule has 0 heterocycles. The van der Waals surface area contributed by atoms with Crippen LogP contribution in [0.4, 0.5) is 11.4 Å². The van der Waals surface area contributed by atoms with Crippen molar-refractivity contribution >= 4 is 29.1 Å². The molecule has 3 aromatic carbocycles. The molecule has 0 atom stereocenters. The summed E-state index contributed by atoms with van der Waals surface area (Å²) in [6.45, 7) is 0. The smallest absolute Gasteiger partial charge is 0.255 e. The first kappa shape index (κ1) is 17.9. The highest BCUT2D eigenvalue weighted by molar-refractivity contribution is 6.06. The average molecular weight is 359 g/mol. The number of nitrogens with one attached hydrogen (secondary N) is 2. The van der Waals surface area contributed by atoms with E-state index >= 15 is 0 Å². The van der Waals surface area contributed by atoms with Crippen molar-refractivity contribution in [3.05, 3.63) is 95.6 Å². The van der Waals surface area contributed by atoms with Crippen molar-refractivity contribution in [1.29, 1.82) is 0 Å². The zero-order valence-corrected chi connectivity index (χ0v) is 14.3. The van der Waals surface area contributed by atoms with Crippen LogP contribution in [-0.4, -0.2) is 17.7 Å². The summed E-state index contributed by atoms with van der Waals surface area (Å²) >= 11 is 0. The summed E-state index contributed by atoms with van der Waals surface area (Å²) < 4.78 is 0. The molecule has 4 N–H and O–H groups in total. The summed E-state index contributed by atoms with van der Waals surface area (Å²) in [4.78, 5) is 35.5. The van der Waals surface area contributed by atoms with Gasteiger partial charge in [0.1, 0.15) is 0 Å². The number of primary amides is 1. The maximum atomic E-state index is 12.3. The van der Waals surface area contributed by atoms with Crippen LogP contribution in [0, 0.1) is 0 Å². The summed E-state index contributed by atoms with van der Waals surface area (Å²) in [5.41, 5.74) is 7.68. The largest absolute Gasteiger partial charge is 0.366 e. The van der Waals surface area contributed by atoms with Crippen LogP contribution in [0.1, 0.15) is 31.1 Å². The molecule has 3 rings (SSSR count). The Kier molecular flexibility index (Phi) is 5.28. The third-order valence-electron chi connectivity index (χ3n) is 3.87. The van der Waals surface area contributed by atoms with E-state index in [1.54, 1.807) is 72.8 Å². The molecule has 0 fully saturated rings. The van der Waals surface area contributed by atoms with Crippen molar-refractivity contribution in [2.45, 2.75) is 0 Å². The van der Waals surface area contributed by atoms with Gasteiger partial charge < -0.3 is 16.4 Å². The van der Waals surface area contributed by atoms with E-state index in [-0.39, 0.29) is 11.8 Å². The zero-order valence-electron chi connectivity index (χ0n) is 14.3. The highest BCUT2D eigenvalue weighted by Crippen LogP contribution is 2.14. The topological polar surface area (TPSA) is 101 Å². The standard InChI is InChI=1S/C21H17N3O3/c22-19(25)14-6-10-17(11-7-14)24-21(27)16-8-12-18(13-9-16)23-20(26)15-4-2-1-3-5-15/h1-13H,(H2,22,25)(H,23,26)(H,24,27). The van der Waals surface area contributed by atoms with Crippen LogP contribution in [0.2, 0.25) is 0 Å². The quantitative estimate of drug-likeness (QED) is 0.651. The first-order valence-corrected chi connectivity index (χ1v) is 8.20. The SMILES string of the molecule is NC(=O)c1ccc(NC(=O)c2ccc(NC(=O)c3ccccc3)cc2)cc1. The molecule has 0 unspecified atom stereocenters. The number of carbonyl (C=O) groups is 3. The Morgan fingerprint density at radius 1 is 0.556 bits per heavy atom. The lowest BCUT2D eigenvalue weighted by molar-refractivity contribution is 0.0996. The van der Waals surface area contributed by atoms with Gasteiger partial charge >= 0.3 is 0 Å². The molecule has 0 aliphatic rings. The van der Waals surface area contributed by atoms with E-state index in [0.717, 1.165) is 0 Å². The lowest BCUT2D eigenvalue weighted by atomic mass is 10.1. The maximum Gasteiger partial charge on any atom is 0.255 e. The predicted octanol–water partition coefficient (Wildman–Crippen LogP) is 3.29. The fraction of sp³-hybridized carbons (Fsp3) is 0. The monoisotopic (exact) mass is 359 g/mol. The molecule has 0 aromatic heterocycles. The highest BCUT2D eigenvalue weighted by atomic mass is 16.2. The van der Waals surface area contributed by atoms with Crippen LogP contribution in [0.15, 0.2) is 78.9 Å². The summed E-state index contributed by atoms with van der Waals surface area (Å²) in [6.07, 6.45) is 0. The Balaban J connectivity index is 1.63. The number of hydrogen-bond acceptors (Lipinski definition) is 3. The Bertz CT molecular complexity index is 966. The third kappa shape index (κ3) is 4.58. The molecule has 0 aliphatic heterocycles. The number of hydrogen-bond donors (Lipinski definition) is 3. The fourth-order valence-electron chi connectivity index (χ4n) is 2.42. The lowest BCUT2D eigenvalue weighted by Gasteiger charge is -2.08. The van der Waals surface area contributed by atoms with Crippen molar-refractivity contribution in [3.63, 3.8) is 0 Å². The molecule has 0 saturated carbocycles. The van der Waals surface area contributed by atoms with Crippen molar-refractivity contribution in [3.8, 4) is 0 Å². The molecular weight excluding hydrogens is 342 g/mol. The lowest BCUT2D eigenvalue weighted by Crippen LogP contribution is -2.14. The first-order valence-electron chi connectivity index (χ1n) is 8.20. The van der Waals surface area contributed by atoms with Gasteiger partial charge in [0, 0.05) is 28.1 Å². The summed E-state index contributed by atoms with van der Waals surface area (Å²) in [6, 6.07) is 21.7. The van der Waals surface area contributed by atoms with Crippen LogP contribution < -0.4 is 16.4 Å². The molecular formula is C21H17N3O3. The van der Waals surface area contributed by atoms with Gasteiger partial charge in [-0.25, -0.2) is 0 Å². The van der Waals surface area contributed by atoms with Gasteiger partial charge in [0.15, 0.2) is 0 Å². The third-order valence-corrected chi connectivity index (χ3v) is 3.87. The Hall–Kier alpha value is -3.93. The zero-order chi connectivity index (χ0) is 19.2. The van der Waals surface area contributed by atoms with Crippen LogP contribution in [0.25, 0.3) is 0 Å². The molecule has 0 spiro atoms. The Morgan fingerprint density at radius 3 is 1.41 bits per heavy atom. The van der Waals surface area contributed by atoms with Crippen LogP contribution >= 0.6 is 0 Å². The van der Waals surface area contributed by atoms with Gasteiger partial charge in [0.05, 0.1) is 0 Å². The van der Waals surface area contributed by atoms with E-state index < -0.39 is 5.91 Å². The molecule has 0 aliphatic carbocycles. The fourth-order valence-corrected chi connectivity index (χ4v) is 2.42. The van der Waals surface area contributed by atoms with E-state index in [2.05, 4.69) is 10.6 Å². The van der Waals surface area contributed by atoms with Crippen LogP contribution in [0.3, 0.4) is 0 Å². The van der Waals surface area contributed by atoms with Gasteiger partial charge in [0.2, 0.25) is 5.91 Å². The van der Waals surface area contributed by atoms with Crippen molar-refractivity contribution < 1.29 is 14.4 Å². The minimum absolute atomic E-state index is 0.220. The molecule has 3 aromatic rings. The maximum absolute atomic E-state index is 12.3. The number of anilines is 2. The second kappa shape index (κ2) is 7.97. The number of amides is 3. The summed E-state index contributed by atoms with van der Waals surface area (Å²) in [5, 5.41) is 5.51. The minimum atomic E-state index is -0.527. The molecule has 0 radical (unpaired) electrons. The molecule has 27 heavy (non-hydrogen) atoms. The van der Waals surface area contributed by atoms with Crippen molar-refractivity contribution in [2.75, 3.05) is 10.6 Å². The average Bonchev–Trinajstić information content (AvgIpc) is 2.69. The van der Waals surface area contributed by atoms with Gasteiger partial charge in [-0.2, -0.15) is 0 Å². The highest BCUT2D eigenvalue weighted by Gasteiger charge is 2.09. The van der Waals surface area contributed by atoms with Crippen molar-refractivity contribution in [2.24, 2.45) is 5.73 Å². The Morgan fingerprint density at radius 2 is 0.963 bits per heavy atom. The van der Waals surface area contributed by atoms with Crippen molar-refractivity contribution in [1.82, 2.24) is 0 Å². The molecule has 6 heteroatoms. The van der Waals surface area contributed by atoms with Gasteiger partial charge in [-0.3, -0.25) is 14.4 Å². The summed E-state index contributed by atoms with van der Waals surface area (Å²) in [5.74, 6) is -1.05. The van der Waals surface area contributed by atoms with Gasteiger partial charge in [-0.1, -0.05) is 18.2 Å². The van der Waals surface area contributed by atoms with E-state index in [1.807, 2.05) is 6.07 Å². The second-order valence-electron chi connectivity index (χ2n) is 5.79. The summed E-state index contributed by atoms with van der Waals surface area (Å²) in [7, 11) is 0. The second-order valence-corrected chi connectivity index (χ2v) is 5.79.